The zero-order valence-electron chi connectivity index (χ0n) is 13.9. The zero-order valence-corrected chi connectivity index (χ0v) is 13.9. The van der Waals surface area contributed by atoms with Gasteiger partial charge in [0, 0.05) is 30.1 Å². The minimum absolute atomic E-state index is 0.130. The number of allylic oxidation sites excluding steroid dienone is 1. The molecule has 0 atom stereocenters. The number of furan rings is 1. The Morgan fingerprint density at radius 3 is 2.89 bits per heavy atom. The van der Waals surface area contributed by atoms with Gasteiger partial charge in [-0.3, -0.25) is 19.9 Å². The molecule has 0 N–H and O–H groups in total. The van der Waals surface area contributed by atoms with E-state index < -0.39 is 10.7 Å². The molecule has 0 aliphatic heterocycles. The highest BCUT2D eigenvalue weighted by Crippen LogP contribution is 2.28. The van der Waals surface area contributed by atoms with Crippen LogP contribution in [-0.4, -0.2) is 15.7 Å². The van der Waals surface area contributed by atoms with Gasteiger partial charge in [-0.25, -0.2) is 4.39 Å². The lowest BCUT2D eigenvalue weighted by Crippen LogP contribution is -1.99. The molecular formula is C19H13FN2O5. The fourth-order valence-corrected chi connectivity index (χ4v) is 2.23. The Morgan fingerprint density at radius 2 is 2.15 bits per heavy atom. The number of carbonyl (C=O) groups excluding carboxylic acids is 1. The van der Waals surface area contributed by atoms with Gasteiger partial charge in [-0.2, -0.15) is 0 Å². The van der Waals surface area contributed by atoms with Gasteiger partial charge in [0.1, 0.15) is 23.9 Å². The average molecular weight is 368 g/mol. The van der Waals surface area contributed by atoms with Crippen molar-refractivity contribution in [3.8, 4) is 5.75 Å². The van der Waals surface area contributed by atoms with Gasteiger partial charge in [0.05, 0.1) is 4.92 Å². The Bertz CT molecular complexity index is 998. The van der Waals surface area contributed by atoms with E-state index >= 15 is 0 Å². The summed E-state index contributed by atoms with van der Waals surface area (Å²) in [6.45, 7) is -0.130. The third-order valence-corrected chi connectivity index (χ3v) is 3.52. The maximum absolute atomic E-state index is 13.3. The van der Waals surface area contributed by atoms with Crippen LogP contribution in [0.3, 0.4) is 0 Å². The quantitative estimate of drug-likeness (QED) is 0.268. The summed E-state index contributed by atoms with van der Waals surface area (Å²) >= 11 is 0. The molecular weight excluding hydrogens is 355 g/mol. The Kier molecular flexibility index (Phi) is 5.36. The van der Waals surface area contributed by atoms with Crippen LogP contribution in [0.25, 0.3) is 6.08 Å². The van der Waals surface area contributed by atoms with E-state index in [1.165, 1.54) is 18.3 Å². The topological polar surface area (TPSA) is 95.5 Å². The standard InChI is InChI=1S/C19H13FN2O5/c20-14-3-7-17(22(24)25)19(10-14)26-12-16-5-4-15(27-16)6-8-18(23)13-2-1-9-21-11-13/h1-11H,12H2/b8-6+. The lowest BCUT2D eigenvalue weighted by Gasteiger charge is -2.05. The van der Waals surface area contributed by atoms with Gasteiger partial charge in [-0.15, -0.1) is 0 Å². The molecule has 1 aromatic carbocycles. The second-order valence-electron chi connectivity index (χ2n) is 5.40. The molecule has 0 unspecified atom stereocenters. The van der Waals surface area contributed by atoms with E-state index in [9.17, 15) is 19.3 Å². The van der Waals surface area contributed by atoms with E-state index in [1.54, 1.807) is 30.5 Å². The van der Waals surface area contributed by atoms with Crippen LogP contribution in [0.5, 0.6) is 5.75 Å². The van der Waals surface area contributed by atoms with Gasteiger partial charge < -0.3 is 9.15 Å². The molecule has 0 amide bonds. The van der Waals surface area contributed by atoms with Crippen molar-refractivity contribution in [2.75, 3.05) is 0 Å². The number of rotatable bonds is 7. The molecule has 2 aromatic heterocycles. The van der Waals surface area contributed by atoms with E-state index in [-0.39, 0.29) is 23.8 Å². The predicted octanol–water partition coefficient (Wildman–Crippen LogP) is 4.20. The highest BCUT2D eigenvalue weighted by Gasteiger charge is 2.16. The summed E-state index contributed by atoms with van der Waals surface area (Å²) in [6, 6.07) is 9.48. The number of benzene rings is 1. The van der Waals surface area contributed by atoms with E-state index in [2.05, 4.69) is 4.98 Å². The van der Waals surface area contributed by atoms with Gasteiger partial charge >= 0.3 is 5.69 Å². The Hall–Kier alpha value is -3.81. The monoisotopic (exact) mass is 368 g/mol. The molecule has 3 rings (SSSR count). The smallest absolute Gasteiger partial charge is 0.311 e. The number of ether oxygens (including phenoxy) is 1. The predicted molar refractivity (Wildman–Crippen MR) is 93.7 cm³/mol. The number of carbonyl (C=O) groups is 1. The van der Waals surface area contributed by atoms with Crippen molar-refractivity contribution >= 4 is 17.5 Å². The summed E-state index contributed by atoms with van der Waals surface area (Å²) < 4.78 is 24.1. The lowest BCUT2D eigenvalue weighted by molar-refractivity contribution is -0.386. The van der Waals surface area contributed by atoms with Crippen molar-refractivity contribution in [1.29, 1.82) is 0 Å². The summed E-state index contributed by atoms with van der Waals surface area (Å²) in [5.74, 6) is -0.304. The highest BCUT2D eigenvalue weighted by atomic mass is 19.1. The number of halogens is 1. The first-order valence-electron chi connectivity index (χ1n) is 7.81. The van der Waals surface area contributed by atoms with Gasteiger partial charge in [-0.05, 0) is 42.5 Å². The van der Waals surface area contributed by atoms with Crippen molar-refractivity contribution in [3.63, 3.8) is 0 Å². The molecule has 8 heteroatoms. The van der Waals surface area contributed by atoms with Gasteiger partial charge in [0.15, 0.2) is 11.5 Å². The van der Waals surface area contributed by atoms with Crippen LogP contribution in [0.4, 0.5) is 10.1 Å². The van der Waals surface area contributed by atoms with E-state index in [1.807, 2.05) is 0 Å². The summed E-state index contributed by atoms with van der Waals surface area (Å²) in [6.07, 6.45) is 5.86. The van der Waals surface area contributed by atoms with Gasteiger partial charge in [0.25, 0.3) is 0 Å². The Labute approximate surface area is 152 Å². The molecule has 2 heterocycles. The first-order valence-corrected chi connectivity index (χ1v) is 7.81. The SMILES string of the molecule is O=C(/C=C/c1ccc(COc2cc(F)ccc2[N+](=O)[O-])o1)c1cccnc1. The Morgan fingerprint density at radius 1 is 1.30 bits per heavy atom. The summed E-state index contributed by atoms with van der Waals surface area (Å²) in [5, 5.41) is 10.9. The summed E-state index contributed by atoms with van der Waals surface area (Å²) in [5.41, 5.74) is 0.104. The number of nitro benzene ring substituents is 1. The van der Waals surface area contributed by atoms with Crippen LogP contribution >= 0.6 is 0 Å². The number of hydrogen-bond acceptors (Lipinski definition) is 6. The average Bonchev–Trinajstić information content (AvgIpc) is 3.13. The van der Waals surface area contributed by atoms with E-state index in [4.69, 9.17) is 9.15 Å². The molecule has 3 aromatic rings. The molecule has 0 bridgehead atoms. The van der Waals surface area contributed by atoms with Crippen molar-refractivity contribution in [1.82, 2.24) is 4.98 Å². The number of hydrogen-bond donors (Lipinski definition) is 0. The largest absolute Gasteiger partial charge is 0.479 e. The van der Waals surface area contributed by atoms with Crippen molar-refractivity contribution < 1.29 is 23.3 Å². The second-order valence-corrected chi connectivity index (χ2v) is 5.40. The molecule has 27 heavy (non-hydrogen) atoms. The molecule has 0 fully saturated rings. The molecule has 0 saturated heterocycles. The van der Waals surface area contributed by atoms with Gasteiger partial charge in [0.2, 0.25) is 0 Å². The van der Waals surface area contributed by atoms with Crippen LogP contribution in [0.15, 0.2) is 65.4 Å². The fraction of sp³-hybridized carbons (Fsp3) is 0.0526. The van der Waals surface area contributed by atoms with Crippen molar-refractivity contribution in [2.24, 2.45) is 0 Å². The number of ketones is 1. The minimum Gasteiger partial charge on any atom is -0.479 e. The summed E-state index contributed by atoms with van der Waals surface area (Å²) in [7, 11) is 0. The molecule has 0 aliphatic carbocycles. The minimum atomic E-state index is -0.658. The molecule has 136 valence electrons. The number of aromatic nitrogens is 1. The van der Waals surface area contributed by atoms with E-state index in [0.29, 0.717) is 17.1 Å². The second kappa shape index (κ2) is 8.05. The van der Waals surface area contributed by atoms with Crippen LogP contribution < -0.4 is 4.74 Å². The maximum Gasteiger partial charge on any atom is 0.311 e. The normalized spacial score (nSPS) is 10.9. The Balaban J connectivity index is 1.65. The van der Waals surface area contributed by atoms with Crippen molar-refractivity contribution in [2.45, 2.75) is 6.61 Å². The highest BCUT2D eigenvalue weighted by molar-refractivity contribution is 6.06. The maximum atomic E-state index is 13.3. The van der Waals surface area contributed by atoms with E-state index in [0.717, 1.165) is 18.2 Å². The molecule has 0 aliphatic rings. The zero-order chi connectivity index (χ0) is 19.2. The molecule has 0 radical (unpaired) electrons. The molecule has 7 nitrogen and oxygen atoms in total. The van der Waals surface area contributed by atoms with Crippen LogP contribution in [0, 0.1) is 15.9 Å². The number of nitrogens with zero attached hydrogens (tertiary/aromatic N) is 2. The summed E-state index contributed by atoms with van der Waals surface area (Å²) in [4.78, 5) is 26.1. The third kappa shape index (κ3) is 4.63. The number of nitro groups is 1. The molecule has 0 spiro atoms. The number of pyridine rings is 1. The van der Waals surface area contributed by atoms with Crippen LogP contribution in [0.2, 0.25) is 0 Å². The lowest BCUT2D eigenvalue weighted by atomic mass is 10.2. The van der Waals surface area contributed by atoms with Gasteiger partial charge in [-0.1, -0.05) is 0 Å². The van der Waals surface area contributed by atoms with Crippen molar-refractivity contribution in [3.05, 3.63) is 93.9 Å². The first-order chi connectivity index (χ1) is 13.0. The van der Waals surface area contributed by atoms with Crippen LogP contribution in [-0.2, 0) is 6.61 Å². The first kappa shape index (κ1) is 18.0. The molecule has 0 saturated carbocycles. The third-order valence-electron chi connectivity index (χ3n) is 3.52. The fourth-order valence-electron chi connectivity index (χ4n) is 2.23. The van der Waals surface area contributed by atoms with Crippen LogP contribution in [0.1, 0.15) is 21.9 Å².